The van der Waals surface area contributed by atoms with Gasteiger partial charge in [0, 0.05) is 17.1 Å². The van der Waals surface area contributed by atoms with Crippen LogP contribution in [-0.2, 0) is 14.3 Å². The van der Waals surface area contributed by atoms with Crippen molar-refractivity contribution >= 4 is 29.3 Å². The number of hydrogen-bond acceptors (Lipinski definition) is 4. The normalized spacial score (nSPS) is 16.8. The van der Waals surface area contributed by atoms with Crippen LogP contribution in [0.1, 0.15) is 17.4 Å². The van der Waals surface area contributed by atoms with Gasteiger partial charge in [-0.1, -0.05) is 6.08 Å². The minimum absolute atomic E-state index is 0.194. The number of nitrogens with zero attached hydrogens (tertiary/aromatic N) is 1. The number of methoxy groups -OCH3 is 1. The average molecular weight is 303 g/mol. The van der Waals surface area contributed by atoms with E-state index >= 15 is 0 Å². The Morgan fingerprint density at radius 3 is 2.71 bits per heavy atom. The zero-order chi connectivity index (χ0) is 15.6. The molecule has 0 atom stereocenters. The van der Waals surface area contributed by atoms with Crippen molar-refractivity contribution in [3.8, 4) is 0 Å². The number of carbonyl (C=O) groups excluding carboxylic acids is 2. The van der Waals surface area contributed by atoms with Crippen LogP contribution in [-0.4, -0.2) is 30.4 Å². The molecule has 5 heteroatoms. The third-order valence-corrected chi connectivity index (χ3v) is 4.36. The van der Waals surface area contributed by atoms with E-state index in [2.05, 4.69) is 6.58 Å². The molecule has 0 unspecified atom stereocenters. The molecule has 1 aliphatic heterocycles. The zero-order valence-electron chi connectivity index (χ0n) is 12.3. The van der Waals surface area contributed by atoms with E-state index in [0.717, 1.165) is 10.4 Å². The minimum Gasteiger partial charge on any atom is -0.465 e. The first-order valence-corrected chi connectivity index (χ1v) is 7.37. The van der Waals surface area contributed by atoms with Crippen LogP contribution < -0.4 is 0 Å². The molecule has 0 fully saturated rings. The molecule has 1 aromatic heterocycles. The van der Waals surface area contributed by atoms with Crippen LogP contribution in [0.15, 0.2) is 40.9 Å². The van der Waals surface area contributed by atoms with Crippen molar-refractivity contribution in [1.82, 2.24) is 4.90 Å². The number of esters is 1. The van der Waals surface area contributed by atoms with Crippen LogP contribution in [0.2, 0.25) is 0 Å². The van der Waals surface area contributed by atoms with E-state index in [1.165, 1.54) is 23.3 Å². The van der Waals surface area contributed by atoms with Crippen LogP contribution in [0.4, 0.5) is 0 Å². The van der Waals surface area contributed by atoms with Crippen LogP contribution in [0.25, 0.3) is 6.08 Å². The van der Waals surface area contributed by atoms with Gasteiger partial charge in [0.05, 0.1) is 18.3 Å². The topological polar surface area (TPSA) is 46.6 Å². The molecule has 2 rings (SSSR count). The smallest absolute Gasteiger partial charge is 0.340 e. The van der Waals surface area contributed by atoms with Crippen molar-refractivity contribution < 1.29 is 14.3 Å². The first kappa shape index (κ1) is 15.3. The van der Waals surface area contributed by atoms with E-state index in [1.54, 1.807) is 19.1 Å². The Balaban J connectivity index is 2.55. The maximum Gasteiger partial charge on any atom is 0.340 e. The molecular formula is C16H17NO3S. The summed E-state index contributed by atoms with van der Waals surface area (Å²) in [6, 6.07) is 1.98. The summed E-state index contributed by atoms with van der Waals surface area (Å²) in [7, 11) is 1.32. The lowest BCUT2D eigenvalue weighted by molar-refractivity contribution is -0.136. The fraction of sp³-hybridized carbons (Fsp3) is 0.250. The average Bonchev–Trinajstić information content (AvgIpc) is 2.96. The van der Waals surface area contributed by atoms with Gasteiger partial charge in [-0.15, -0.1) is 17.9 Å². The first-order chi connectivity index (χ1) is 10.0. The van der Waals surface area contributed by atoms with Crippen LogP contribution in [0, 0.1) is 6.92 Å². The molecule has 0 aromatic carbocycles. The third kappa shape index (κ3) is 2.69. The molecule has 0 spiro atoms. The number of aryl methyl sites for hydroxylation is 1. The maximum absolute atomic E-state index is 12.5. The number of rotatable bonds is 4. The summed E-state index contributed by atoms with van der Waals surface area (Å²) in [5, 5.41) is 1.96. The maximum atomic E-state index is 12.5. The number of carbonyl (C=O) groups is 2. The molecule has 0 aliphatic carbocycles. The van der Waals surface area contributed by atoms with Gasteiger partial charge in [0.15, 0.2) is 0 Å². The summed E-state index contributed by atoms with van der Waals surface area (Å²) in [6.07, 6.45) is 3.40. The fourth-order valence-electron chi connectivity index (χ4n) is 2.24. The van der Waals surface area contributed by atoms with Gasteiger partial charge in [0.1, 0.15) is 0 Å². The molecule has 21 heavy (non-hydrogen) atoms. The molecule has 0 N–H and O–H groups in total. The second kappa shape index (κ2) is 6.10. The van der Waals surface area contributed by atoms with Crippen molar-refractivity contribution in [2.45, 2.75) is 13.8 Å². The van der Waals surface area contributed by atoms with Gasteiger partial charge in [0.2, 0.25) is 0 Å². The molecule has 0 bridgehead atoms. The highest BCUT2D eigenvalue weighted by Crippen LogP contribution is 2.32. The van der Waals surface area contributed by atoms with Gasteiger partial charge in [0.25, 0.3) is 5.91 Å². The third-order valence-electron chi connectivity index (χ3n) is 3.39. The highest BCUT2D eigenvalue weighted by atomic mass is 32.1. The van der Waals surface area contributed by atoms with Crippen molar-refractivity contribution in [3.05, 3.63) is 51.4 Å². The molecular weight excluding hydrogens is 286 g/mol. The Labute approximate surface area is 128 Å². The Morgan fingerprint density at radius 1 is 1.48 bits per heavy atom. The molecule has 0 saturated carbocycles. The SMILES string of the molecule is C=CCN1C(=O)C(=Cc2sccc2C)C(C(=O)OC)=C1C. The predicted molar refractivity (Wildman–Crippen MR) is 83.7 cm³/mol. The molecule has 110 valence electrons. The molecule has 0 saturated heterocycles. The molecule has 4 nitrogen and oxygen atoms in total. The van der Waals surface area contributed by atoms with Gasteiger partial charge < -0.3 is 9.64 Å². The molecule has 1 aromatic rings. The van der Waals surface area contributed by atoms with Gasteiger partial charge in [-0.3, -0.25) is 4.79 Å². The quantitative estimate of drug-likeness (QED) is 0.488. The Bertz CT molecular complexity index is 667. The number of allylic oxidation sites excluding steroid dienone is 1. The lowest BCUT2D eigenvalue weighted by Gasteiger charge is -2.14. The fourth-order valence-corrected chi connectivity index (χ4v) is 3.10. The van der Waals surface area contributed by atoms with Crippen LogP contribution >= 0.6 is 11.3 Å². The molecule has 2 heterocycles. The second-order valence-electron chi connectivity index (χ2n) is 4.68. The number of thiophene rings is 1. The molecule has 0 radical (unpaired) electrons. The molecule has 1 amide bonds. The van der Waals surface area contributed by atoms with Crippen LogP contribution in [0.5, 0.6) is 0 Å². The summed E-state index contributed by atoms with van der Waals surface area (Å²) < 4.78 is 4.82. The van der Waals surface area contributed by atoms with E-state index in [0.29, 0.717) is 23.4 Å². The van der Waals surface area contributed by atoms with Crippen LogP contribution in [0.3, 0.4) is 0 Å². The number of amides is 1. The number of hydrogen-bond donors (Lipinski definition) is 0. The van der Waals surface area contributed by atoms with E-state index in [1.807, 2.05) is 18.4 Å². The zero-order valence-corrected chi connectivity index (χ0v) is 13.1. The van der Waals surface area contributed by atoms with Crippen molar-refractivity contribution in [3.63, 3.8) is 0 Å². The van der Waals surface area contributed by atoms with Gasteiger partial charge in [-0.25, -0.2) is 4.79 Å². The highest BCUT2D eigenvalue weighted by Gasteiger charge is 2.36. The van der Waals surface area contributed by atoms with E-state index < -0.39 is 5.97 Å². The first-order valence-electron chi connectivity index (χ1n) is 6.49. The van der Waals surface area contributed by atoms with E-state index in [4.69, 9.17) is 4.74 Å². The Morgan fingerprint density at radius 2 is 2.19 bits per heavy atom. The lowest BCUT2D eigenvalue weighted by Crippen LogP contribution is -2.24. The van der Waals surface area contributed by atoms with Gasteiger partial charge in [-0.05, 0) is 36.9 Å². The standard InChI is InChI=1S/C16H17NO3S/c1-5-7-17-11(3)14(16(19)20-4)12(15(17)18)9-13-10(2)6-8-21-13/h5-6,8-9H,1,7H2,2-4H3. The second-order valence-corrected chi connectivity index (χ2v) is 5.63. The van der Waals surface area contributed by atoms with Crippen molar-refractivity contribution in [1.29, 1.82) is 0 Å². The number of ether oxygens (including phenoxy) is 1. The summed E-state index contributed by atoms with van der Waals surface area (Å²) in [5.41, 5.74) is 2.39. The van der Waals surface area contributed by atoms with Gasteiger partial charge >= 0.3 is 5.97 Å². The van der Waals surface area contributed by atoms with Gasteiger partial charge in [-0.2, -0.15) is 0 Å². The van der Waals surface area contributed by atoms with E-state index in [9.17, 15) is 9.59 Å². The lowest BCUT2D eigenvalue weighted by atomic mass is 10.1. The van der Waals surface area contributed by atoms with E-state index in [-0.39, 0.29) is 5.91 Å². The monoisotopic (exact) mass is 303 g/mol. The summed E-state index contributed by atoms with van der Waals surface area (Å²) in [6.45, 7) is 7.73. The Kier molecular flexibility index (Phi) is 4.43. The summed E-state index contributed by atoms with van der Waals surface area (Å²) in [4.78, 5) is 27.1. The highest BCUT2D eigenvalue weighted by molar-refractivity contribution is 7.11. The van der Waals surface area contributed by atoms with Crippen molar-refractivity contribution in [2.75, 3.05) is 13.7 Å². The summed E-state index contributed by atoms with van der Waals surface area (Å²) in [5.74, 6) is -0.687. The predicted octanol–water partition coefficient (Wildman–Crippen LogP) is 2.92. The summed E-state index contributed by atoms with van der Waals surface area (Å²) >= 11 is 1.53. The largest absolute Gasteiger partial charge is 0.465 e. The Hall–Kier alpha value is -2.14. The minimum atomic E-state index is -0.493. The molecule has 1 aliphatic rings. The van der Waals surface area contributed by atoms with Crippen molar-refractivity contribution in [2.24, 2.45) is 0 Å².